The lowest BCUT2D eigenvalue weighted by atomic mass is 10.2. The summed E-state index contributed by atoms with van der Waals surface area (Å²) in [6, 6.07) is 4.40. The molecular weight excluding hydrogens is 412 g/mol. The molecule has 0 spiro atoms. The molecule has 0 unspecified atom stereocenters. The average molecular weight is 433 g/mol. The molecule has 1 N–H and O–H groups in total. The van der Waals surface area contributed by atoms with Crippen molar-refractivity contribution in [3.8, 4) is 11.5 Å². The zero-order valence-corrected chi connectivity index (χ0v) is 17.0. The Bertz CT molecular complexity index is 980. The van der Waals surface area contributed by atoms with Crippen LogP contribution in [0.15, 0.2) is 24.4 Å². The first-order chi connectivity index (χ1) is 14.5. The number of nitrogens with zero attached hydrogens (tertiary/aromatic N) is 1. The minimum absolute atomic E-state index is 0.134. The largest absolute Gasteiger partial charge is 0.489 e. The molecule has 2 aliphatic rings. The molecule has 2 aromatic rings. The second-order valence-electron chi connectivity index (χ2n) is 7.14. The van der Waals surface area contributed by atoms with Gasteiger partial charge < -0.3 is 24.1 Å². The summed E-state index contributed by atoms with van der Waals surface area (Å²) in [6.07, 6.45) is 4.12. The molecule has 0 aliphatic carbocycles. The van der Waals surface area contributed by atoms with Gasteiger partial charge in [-0.1, -0.05) is 11.6 Å². The summed E-state index contributed by atoms with van der Waals surface area (Å²) in [7, 11) is 0. The normalized spacial score (nSPS) is 15.6. The van der Waals surface area contributed by atoms with Gasteiger partial charge in [-0.05, 0) is 31.0 Å². The number of halogens is 1. The Morgan fingerprint density at radius 1 is 1.03 bits per heavy atom. The zero-order chi connectivity index (χ0) is 21.1. The van der Waals surface area contributed by atoms with Gasteiger partial charge in [0.1, 0.15) is 5.69 Å². The Labute approximate surface area is 178 Å². The first-order valence-corrected chi connectivity index (χ1v) is 10.2. The number of Topliss-reactive ketones (excluding diaryl/α,β-unsaturated/α-hetero) is 1. The van der Waals surface area contributed by atoms with E-state index in [9.17, 15) is 14.4 Å². The van der Waals surface area contributed by atoms with Crippen molar-refractivity contribution in [1.29, 1.82) is 0 Å². The summed E-state index contributed by atoms with van der Waals surface area (Å²) in [5.74, 6) is -0.492. The van der Waals surface area contributed by atoms with E-state index in [4.69, 9.17) is 25.8 Å². The topological polar surface area (TPSA) is 97.9 Å². The number of H-pyrrole nitrogens is 1. The standard InChI is InChI=1S/C21H21ClN2O6/c22-15-8-13(10-18-19(15)29-7-3-6-28-18)21(27)30-12-17(25)14-9-16(23-11-14)20(26)24-4-1-2-5-24/h8-11,23H,1-7,12H2. The molecule has 158 valence electrons. The predicted octanol–water partition coefficient (Wildman–Crippen LogP) is 3.11. The summed E-state index contributed by atoms with van der Waals surface area (Å²) in [6.45, 7) is 1.91. The third-order valence-corrected chi connectivity index (χ3v) is 5.28. The molecule has 4 rings (SSSR count). The molecule has 0 atom stereocenters. The summed E-state index contributed by atoms with van der Waals surface area (Å²) < 4.78 is 16.2. The molecular formula is C21H21ClN2O6. The van der Waals surface area contributed by atoms with E-state index < -0.39 is 18.4 Å². The fourth-order valence-electron chi connectivity index (χ4n) is 3.42. The van der Waals surface area contributed by atoms with Crippen LogP contribution in [-0.4, -0.2) is 60.5 Å². The SMILES string of the molecule is O=C(COC(=O)c1cc(Cl)c2c(c1)OCCCO2)c1c[nH]c(C(=O)N2CCCC2)c1. The van der Waals surface area contributed by atoms with Crippen molar-refractivity contribution < 1.29 is 28.6 Å². The van der Waals surface area contributed by atoms with Crippen molar-refractivity contribution in [2.45, 2.75) is 19.3 Å². The van der Waals surface area contributed by atoms with Crippen LogP contribution >= 0.6 is 11.6 Å². The maximum absolute atomic E-state index is 12.4. The number of benzene rings is 1. The summed E-state index contributed by atoms with van der Waals surface area (Å²) in [4.78, 5) is 41.7. The van der Waals surface area contributed by atoms with E-state index in [0.29, 0.717) is 36.8 Å². The predicted molar refractivity (Wildman–Crippen MR) is 108 cm³/mol. The highest BCUT2D eigenvalue weighted by molar-refractivity contribution is 6.32. The van der Waals surface area contributed by atoms with Gasteiger partial charge in [-0.15, -0.1) is 0 Å². The van der Waals surface area contributed by atoms with Gasteiger partial charge in [0.15, 0.2) is 18.1 Å². The molecule has 0 saturated carbocycles. The van der Waals surface area contributed by atoms with Gasteiger partial charge in [0.2, 0.25) is 5.78 Å². The van der Waals surface area contributed by atoms with Crippen LogP contribution in [0.25, 0.3) is 0 Å². The van der Waals surface area contributed by atoms with Crippen LogP contribution in [0, 0.1) is 0 Å². The number of hydrogen-bond donors (Lipinski definition) is 1. The Morgan fingerprint density at radius 3 is 2.60 bits per heavy atom. The molecule has 2 aliphatic heterocycles. The van der Waals surface area contributed by atoms with Crippen molar-refractivity contribution >= 4 is 29.3 Å². The van der Waals surface area contributed by atoms with Gasteiger partial charge in [-0.25, -0.2) is 4.79 Å². The summed E-state index contributed by atoms with van der Waals surface area (Å²) >= 11 is 6.19. The average Bonchev–Trinajstić information content (AvgIpc) is 3.40. The molecule has 8 nitrogen and oxygen atoms in total. The highest BCUT2D eigenvalue weighted by Gasteiger charge is 2.23. The first-order valence-electron chi connectivity index (χ1n) is 9.80. The van der Waals surface area contributed by atoms with E-state index in [1.54, 1.807) is 4.90 Å². The van der Waals surface area contributed by atoms with Crippen LogP contribution in [0.2, 0.25) is 5.02 Å². The van der Waals surface area contributed by atoms with Gasteiger partial charge in [-0.3, -0.25) is 9.59 Å². The molecule has 1 saturated heterocycles. The van der Waals surface area contributed by atoms with Gasteiger partial charge >= 0.3 is 5.97 Å². The Morgan fingerprint density at radius 2 is 1.80 bits per heavy atom. The van der Waals surface area contributed by atoms with E-state index >= 15 is 0 Å². The maximum Gasteiger partial charge on any atom is 0.338 e. The fraction of sp³-hybridized carbons (Fsp3) is 0.381. The van der Waals surface area contributed by atoms with E-state index in [0.717, 1.165) is 25.9 Å². The maximum atomic E-state index is 12.4. The Hall–Kier alpha value is -3.00. The van der Waals surface area contributed by atoms with Crippen LogP contribution in [0.5, 0.6) is 11.5 Å². The van der Waals surface area contributed by atoms with Crippen molar-refractivity contribution in [3.05, 3.63) is 46.2 Å². The van der Waals surface area contributed by atoms with E-state index in [2.05, 4.69) is 4.98 Å². The number of rotatable bonds is 5. The van der Waals surface area contributed by atoms with Gasteiger partial charge in [0, 0.05) is 31.3 Å². The molecule has 1 fully saturated rings. The van der Waals surface area contributed by atoms with E-state index in [-0.39, 0.29) is 22.1 Å². The third kappa shape index (κ3) is 4.28. The monoisotopic (exact) mass is 432 g/mol. The minimum Gasteiger partial charge on any atom is -0.489 e. The smallest absolute Gasteiger partial charge is 0.338 e. The Balaban J connectivity index is 1.38. The number of esters is 1. The molecule has 1 aromatic heterocycles. The lowest BCUT2D eigenvalue weighted by Crippen LogP contribution is -2.27. The van der Waals surface area contributed by atoms with Crippen LogP contribution in [0.1, 0.15) is 50.5 Å². The highest BCUT2D eigenvalue weighted by Crippen LogP contribution is 2.38. The molecule has 1 aromatic carbocycles. The lowest BCUT2D eigenvalue weighted by Gasteiger charge is -2.13. The summed E-state index contributed by atoms with van der Waals surface area (Å²) in [5, 5.41) is 0.239. The number of nitrogens with one attached hydrogen (secondary N) is 1. The molecule has 1 amide bonds. The lowest BCUT2D eigenvalue weighted by molar-refractivity contribution is 0.0474. The quantitative estimate of drug-likeness (QED) is 0.576. The number of hydrogen-bond acceptors (Lipinski definition) is 6. The van der Waals surface area contributed by atoms with Crippen LogP contribution < -0.4 is 9.47 Å². The van der Waals surface area contributed by atoms with Crippen molar-refractivity contribution in [3.63, 3.8) is 0 Å². The second kappa shape index (κ2) is 8.79. The molecule has 3 heterocycles. The summed E-state index contributed by atoms with van der Waals surface area (Å²) in [5.41, 5.74) is 0.791. The third-order valence-electron chi connectivity index (χ3n) is 5.00. The van der Waals surface area contributed by atoms with E-state index in [1.807, 2.05) is 0 Å². The Kier molecular flexibility index (Phi) is 5.94. The number of ketones is 1. The van der Waals surface area contributed by atoms with Gasteiger partial charge in [0.25, 0.3) is 5.91 Å². The number of aromatic amines is 1. The number of ether oxygens (including phenoxy) is 3. The van der Waals surface area contributed by atoms with Crippen LogP contribution in [0.4, 0.5) is 0 Å². The van der Waals surface area contributed by atoms with E-state index in [1.165, 1.54) is 24.4 Å². The molecule has 30 heavy (non-hydrogen) atoms. The molecule has 0 radical (unpaired) electrons. The number of carbonyl (C=O) groups is 3. The number of amides is 1. The van der Waals surface area contributed by atoms with Gasteiger partial charge in [-0.2, -0.15) is 0 Å². The van der Waals surface area contributed by atoms with Crippen molar-refractivity contribution in [2.75, 3.05) is 32.9 Å². The highest BCUT2D eigenvalue weighted by atomic mass is 35.5. The van der Waals surface area contributed by atoms with Crippen molar-refractivity contribution in [1.82, 2.24) is 9.88 Å². The number of likely N-dealkylation sites (tertiary alicyclic amines) is 1. The van der Waals surface area contributed by atoms with Crippen LogP contribution in [0.3, 0.4) is 0 Å². The number of carbonyl (C=O) groups excluding carboxylic acids is 3. The van der Waals surface area contributed by atoms with Crippen LogP contribution in [-0.2, 0) is 4.74 Å². The molecule has 9 heteroatoms. The number of fused-ring (bicyclic) bond motifs is 1. The van der Waals surface area contributed by atoms with Crippen molar-refractivity contribution in [2.24, 2.45) is 0 Å². The number of aromatic nitrogens is 1. The fourth-order valence-corrected chi connectivity index (χ4v) is 3.68. The second-order valence-corrected chi connectivity index (χ2v) is 7.54. The molecule has 0 bridgehead atoms. The first kappa shape index (κ1) is 20.3. The minimum atomic E-state index is -0.704. The zero-order valence-electron chi connectivity index (χ0n) is 16.2. The van der Waals surface area contributed by atoms with Gasteiger partial charge in [0.05, 0.1) is 23.8 Å².